The van der Waals surface area contributed by atoms with Crippen molar-refractivity contribution in [1.82, 2.24) is 9.78 Å². The van der Waals surface area contributed by atoms with Gasteiger partial charge in [-0.05, 0) is 48.5 Å². The fourth-order valence-electron chi connectivity index (χ4n) is 2.91. The number of ether oxygens (including phenoxy) is 4. The van der Waals surface area contributed by atoms with E-state index in [1.54, 1.807) is 10.9 Å². The van der Waals surface area contributed by atoms with Crippen LogP contribution in [0, 0.1) is 11.3 Å². The molecule has 7 heteroatoms. The van der Waals surface area contributed by atoms with Crippen LogP contribution in [0.4, 0.5) is 0 Å². The lowest BCUT2D eigenvalue weighted by atomic mass is 10.1. The van der Waals surface area contributed by atoms with Gasteiger partial charge in [0.2, 0.25) is 0 Å². The lowest BCUT2D eigenvalue weighted by Crippen LogP contribution is -2.04. The number of benzene rings is 2. The van der Waals surface area contributed by atoms with Crippen LogP contribution in [0.1, 0.15) is 5.56 Å². The van der Waals surface area contributed by atoms with Crippen LogP contribution in [0.15, 0.2) is 54.7 Å². The molecule has 2 fully saturated rings. The molecule has 29 heavy (non-hydrogen) atoms. The summed E-state index contributed by atoms with van der Waals surface area (Å²) in [7, 11) is 0. The number of hydrogen-bond acceptors (Lipinski definition) is 6. The Kier molecular flexibility index (Phi) is 4.64. The Balaban J connectivity index is 1.32. The molecule has 7 nitrogen and oxygen atoms in total. The molecule has 3 aromatic rings. The first-order valence-corrected chi connectivity index (χ1v) is 9.48. The average molecular weight is 389 g/mol. The topological polar surface area (TPSA) is 85.1 Å². The normalized spacial score (nSPS) is 19.4. The van der Waals surface area contributed by atoms with Crippen molar-refractivity contribution in [1.29, 1.82) is 5.26 Å². The monoisotopic (exact) mass is 389 g/mol. The van der Waals surface area contributed by atoms with Crippen LogP contribution in [0.3, 0.4) is 0 Å². The van der Waals surface area contributed by atoms with E-state index in [1.807, 2.05) is 48.5 Å². The van der Waals surface area contributed by atoms with Crippen molar-refractivity contribution in [3.63, 3.8) is 0 Å². The Morgan fingerprint density at radius 2 is 1.48 bits per heavy atom. The predicted octanol–water partition coefficient (Wildman–Crippen LogP) is 2.97. The fraction of sp³-hybridized carbons (Fsp3) is 0.273. The number of nitrogens with zero attached hydrogens (tertiary/aromatic N) is 3. The largest absolute Gasteiger partial charge is 0.491 e. The van der Waals surface area contributed by atoms with Gasteiger partial charge in [-0.2, -0.15) is 10.4 Å². The fourth-order valence-corrected chi connectivity index (χ4v) is 2.91. The van der Waals surface area contributed by atoms with E-state index in [2.05, 4.69) is 11.2 Å². The second kappa shape index (κ2) is 7.59. The molecule has 0 N–H and O–H groups in total. The van der Waals surface area contributed by atoms with Gasteiger partial charge in [0, 0.05) is 11.8 Å². The smallest absolute Gasteiger partial charge is 0.119 e. The van der Waals surface area contributed by atoms with Gasteiger partial charge in [-0.1, -0.05) is 0 Å². The number of rotatable bonds is 8. The van der Waals surface area contributed by atoms with Crippen molar-refractivity contribution in [2.45, 2.75) is 12.2 Å². The van der Waals surface area contributed by atoms with Crippen molar-refractivity contribution < 1.29 is 18.9 Å². The van der Waals surface area contributed by atoms with Crippen LogP contribution in [0.2, 0.25) is 0 Å². The minimum atomic E-state index is 0.217. The molecule has 0 spiro atoms. The van der Waals surface area contributed by atoms with E-state index in [4.69, 9.17) is 18.9 Å². The minimum Gasteiger partial charge on any atom is -0.491 e. The van der Waals surface area contributed by atoms with Crippen LogP contribution in [-0.2, 0) is 9.47 Å². The molecule has 0 radical (unpaired) electrons. The van der Waals surface area contributed by atoms with Gasteiger partial charge in [-0.15, -0.1) is 0 Å². The Labute approximate surface area is 168 Å². The molecule has 0 amide bonds. The van der Waals surface area contributed by atoms with Gasteiger partial charge in [-0.25, -0.2) is 4.68 Å². The zero-order chi connectivity index (χ0) is 19.6. The predicted molar refractivity (Wildman–Crippen MR) is 104 cm³/mol. The molecule has 2 unspecified atom stereocenters. The molecule has 2 saturated heterocycles. The van der Waals surface area contributed by atoms with Gasteiger partial charge in [0.25, 0.3) is 0 Å². The van der Waals surface area contributed by atoms with Crippen LogP contribution < -0.4 is 9.47 Å². The van der Waals surface area contributed by atoms with Crippen molar-refractivity contribution in [3.8, 4) is 34.5 Å². The SMILES string of the molecule is N#Cc1cn(-c2ccc(OCC3CO3)cc2)nc1-c1ccc(OCC2CO2)cc1. The van der Waals surface area contributed by atoms with Crippen LogP contribution in [0.5, 0.6) is 11.5 Å². The van der Waals surface area contributed by atoms with Gasteiger partial charge in [0.05, 0.1) is 24.5 Å². The van der Waals surface area contributed by atoms with E-state index in [-0.39, 0.29) is 12.2 Å². The molecule has 2 aliphatic heterocycles. The Morgan fingerprint density at radius 1 is 0.931 bits per heavy atom. The van der Waals surface area contributed by atoms with Gasteiger partial charge >= 0.3 is 0 Å². The third-order valence-electron chi connectivity index (χ3n) is 4.74. The van der Waals surface area contributed by atoms with Crippen molar-refractivity contribution in [2.24, 2.45) is 0 Å². The highest BCUT2D eigenvalue weighted by molar-refractivity contribution is 5.67. The molecular formula is C22H19N3O4. The molecule has 1 aromatic heterocycles. The van der Waals surface area contributed by atoms with Crippen LogP contribution >= 0.6 is 0 Å². The van der Waals surface area contributed by atoms with E-state index >= 15 is 0 Å². The lowest BCUT2D eigenvalue weighted by molar-refractivity contribution is 0.263. The summed E-state index contributed by atoms with van der Waals surface area (Å²) >= 11 is 0. The number of nitriles is 1. The highest BCUT2D eigenvalue weighted by atomic mass is 16.6. The molecule has 0 bridgehead atoms. The van der Waals surface area contributed by atoms with Gasteiger partial charge in [0.15, 0.2) is 0 Å². The molecule has 3 heterocycles. The number of hydrogen-bond donors (Lipinski definition) is 0. The zero-order valence-electron chi connectivity index (χ0n) is 15.7. The summed E-state index contributed by atoms with van der Waals surface area (Å²) < 4.78 is 23.3. The maximum atomic E-state index is 9.55. The highest BCUT2D eigenvalue weighted by Crippen LogP contribution is 2.26. The quantitative estimate of drug-likeness (QED) is 0.551. The summed E-state index contributed by atoms with van der Waals surface area (Å²) in [5, 5.41) is 14.2. The molecule has 146 valence electrons. The highest BCUT2D eigenvalue weighted by Gasteiger charge is 2.23. The summed E-state index contributed by atoms with van der Waals surface area (Å²) in [6, 6.07) is 17.4. The second-order valence-electron chi connectivity index (χ2n) is 7.00. The van der Waals surface area contributed by atoms with E-state index in [1.165, 1.54) is 0 Å². The zero-order valence-corrected chi connectivity index (χ0v) is 15.7. The second-order valence-corrected chi connectivity index (χ2v) is 7.00. The first-order chi connectivity index (χ1) is 14.3. The van der Waals surface area contributed by atoms with Crippen molar-refractivity contribution in [3.05, 3.63) is 60.3 Å². The Bertz CT molecular complexity index is 1030. The average Bonchev–Trinajstić information content (AvgIpc) is 3.70. The van der Waals surface area contributed by atoms with E-state index in [9.17, 15) is 5.26 Å². The van der Waals surface area contributed by atoms with E-state index in [0.717, 1.165) is 36.0 Å². The standard InChI is InChI=1S/C22H19N3O4/c23-9-16-10-25(17-3-7-19(8-4-17)27-12-21-14-29-21)24-22(16)15-1-5-18(6-2-15)26-11-20-13-28-20/h1-8,10,20-21H,11-14H2. The van der Waals surface area contributed by atoms with Crippen molar-refractivity contribution >= 4 is 0 Å². The molecule has 5 rings (SSSR count). The molecule has 0 saturated carbocycles. The molecule has 0 aliphatic carbocycles. The molecular weight excluding hydrogens is 370 g/mol. The maximum absolute atomic E-state index is 9.55. The summed E-state index contributed by atoms with van der Waals surface area (Å²) in [5.41, 5.74) is 2.86. The van der Waals surface area contributed by atoms with E-state index in [0.29, 0.717) is 24.5 Å². The first-order valence-electron chi connectivity index (χ1n) is 9.48. The van der Waals surface area contributed by atoms with Crippen molar-refractivity contribution in [2.75, 3.05) is 26.4 Å². The third-order valence-corrected chi connectivity index (χ3v) is 4.74. The summed E-state index contributed by atoms with van der Waals surface area (Å²) in [6.07, 6.45) is 2.17. The summed E-state index contributed by atoms with van der Waals surface area (Å²) in [6.45, 7) is 2.66. The van der Waals surface area contributed by atoms with Crippen LogP contribution in [0.25, 0.3) is 16.9 Å². The van der Waals surface area contributed by atoms with Gasteiger partial charge in [-0.3, -0.25) is 0 Å². The van der Waals surface area contributed by atoms with Gasteiger partial charge in [0.1, 0.15) is 48.7 Å². The van der Waals surface area contributed by atoms with Crippen LogP contribution in [-0.4, -0.2) is 48.4 Å². The molecule has 2 aliphatic rings. The first kappa shape index (κ1) is 17.7. The number of epoxide rings is 2. The van der Waals surface area contributed by atoms with E-state index < -0.39 is 0 Å². The molecule has 2 aromatic carbocycles. The van der Waals surface area contributed by atoms with Gasteiger partial charge < -0.3 is 18.9 Å². The summed E-state index contributed by atoms with van der Waals surface area (Å²) in [4.78, 5) is 0. The number of aromatic nitrogens is 2. The maximum Gasteiger partial charge on any atom is 0.119 e. The molecule has 2 atom stereocenters. The Morgan fingerprint density at radius 3 is 2.00 bits per heavy atom. The minimum absolute atomic E-state index is 0.217. The Hall–Kier alpha value is -3.34. The lowest BCUT2D eigenvalue weighted by Gasteiger charge is -2.06. The summed E-state index contributed by atoms with van der Waals surface area (Å²) in [5.74, 6) is 1.55. The third kappa shape index (κ3) is 4.24.